The second kappa shape index (κ2) is 6.92. The fourth-order valence-electron chi connectivity index (χ4n) is 2.22. The molecule has 1 aromatic rings. The molecule has 0 radical (unpaired) electrons. The van der Waals surface area contributed by atoms with Crippen LogP contribution in [0.4, 0.5) is 0 Å². The zero-order valence-corrected chi connectivity index (χ0v) is 12.2. The van der Waals surface area contributed by atoms with E-state index in [2.05, 4.69) is 5.43 Å². The van der Waals surface area contributed by atoms with Crippen LogP contribution in [0.2, 0.25) is 5.02 Å². The van der Waals surface area contributed by atoms with Crippen LogP contribution in [0.1, 0.15) is 25.3 Å². The van der Waals surface area contributed by atoms with Gasteiger partial charge in [0.25, 0.3) is 5.91 Å². The monoisotopic (exact) mass is 298 g/mol. The first-order chi connectivity index (χ1) is 9.63. The highest BCUT2D eigenvalue weighted by Gasteiger charge is 2.30. The molecule has 0 saturated carbocycles. The van der Waals surface area contributed by atoms with Crippen molar-refractivity contribution < 1.29 is 14.3 Å². The third kappa shape index (κ3) is 3.62. The molecule has 1 aromatic carbocycles. The summed E-state index contributed by atoms with van der Waals surface area (Å²) in [5.41, 5.74) is 3.16. The molecule has 1 fully saturated rings. The minimum atomic E-state index is -0.468. The quantitative estimate of drug-likeness (QED) is 0.494. The Morgan fingerprint density at radius 3 is 3.05 bits per heavy atom. The topological polar surface area (TPSA) is 73.6 Å². The summed E-state index contributed by atoms with van der Waals surface area (Å²) in [6, 6.07) is 5.60. The fourth-order valence-corrected chi connectivity index (χ4v) is 2.47. The Bertz CT molecular complexity index is 481. The molecule has 6 heteroatoms. The summed E-state index contributed by atoms with van der Waals surface area (Å²) in [7, 11) is 0. The number of halogens is 1. The van der Waals surface area contributed by atoms with E-state index in [4.69, 9.17) is 26.9 Å². The van der Waals surface area contributed by atoms with Crippen LogP contribution in [0, 0.1) is 0 Å². The number of carbonyl (C=O) groups excluding carboxylic acids is 1. The lowest BCUT2D eigenvalue weighted by Crippen LogP contribution is -2.39. The number of hydrogen-bond acceptors (Lipinski definition) is 4. The largest absolute Gasteiger partial charge is 0.491 e. The number of benzene rings is 1. The number of hydrogen-bond donors (Lipinski definition) is 2. The van der Waals surface area contributed by atoms with Crippen LogP contribution in [0.15, 0.2) is 18.2 Å². The van der Waals surface area contributed by atoms with Gasteiger partial charge in [-0.25, -0.2) is 5.84 Å². The molecule has 2 atom stereocenters. The van der Waals surface area contributed by atoms with Gasteiger partial charge in [0.05, 0.1) is 6.10 Å². The van der Waals surface area contributed by atoms with Gasteiger partial charge in [-0.15, -0.1) is 0 Å². The van der Waals surface area contributed by atoms with Crippen molar-refractivity contribution in [1.82, 2.24) is 5.43 Å². The van der Waals surface area contributed by atoms with Crippen LogP contribution in [0.3, 0.4) is 0 Å². The molecule has 0 spiro atoms. The number of hydrazine groups is 1. The first-order valence-corrected chi connectivity index (χ1v) is 7.09. The predicted octanol–water partition coefficient (Wildman–Crippen LogP) is 1.82. The molecule has 0 aromatic heterocycles. The van der Waals surface area contributed by atoms with Crippen molar-refractivity contribution in [3.63, 3.8) is 0 Å². The van der Waals surface area contributed by atoms with Gasteiger partial charge in [0.15, 0.2) is 0 Å². The molecule has 3 N–H and O–H groups in total. The van der Waals surface area contributed by atoms with Gasteiger partial charge in [-0.3, -0.25) is 10.2 Å². The molecule has 1 amide bonds. The number of rotatable bonds is 5. The van der Waals surface area contributed by atoms with Gasteiger partial charge in [0.1, 0.15) is 18.5 Å². The number of nitrogens with two attached hydrogens (primary N) is 1. The Labute approximate surface area is 123 Å². The lowest BCUT2D eigenvalue weighted by atomic mass is 10.1. The molecular formula is C14H19ClN2O3. The summed E-state index contributed by atoms with van der Waals surface area (Å²) in [5, 5.41) is 0.747. The van der Waals surface area contributed by atoms with E-state index in [0.717, 1.165) is 29.2 Å². The Balaban J connectivity index is 1.86. The molecule has 1 aliphatic rings. The average Bonchev–Trinajstić information content (AvgIpc) is 2.94. The Morgan fingerprint density at radius 2 is 2.35 bits per heavy atom. The van der Waals surface area contributed by atoms with E-state index >= 15 is 0 Å². The SMILES string of the molecule is CCc1cc(OCC2CCC(C(=O)NN)O2)ccc1Cl. The van der Waals surface area contributed by atoms with E-state index in [0.29, 0.717) is 13.0 Å². The summed E-state index contributed by atoms with van der Waals surface area (Å²) in [5.74, 6) is 5.57. The molecule has 1 heterocycles. The zero-order chi connectivity index (χ0) is 14.5. The van der Waals surface area contributed by atoms with Gasteiger partial charge in [-0.1, -0.05) is 18.5 Å². The van der Waals surface area contributed by atoms with Gasteiger partial charge in [-0.05, 0) is 43.0 Å². The summed E-state index contributed by atoms with van der Waals surface area (Å²) < 4.78 is 11.3. The number of amides is 1. The Hall–Kier alpha value is -1.30. The smallest absolute Gasteiger partial charge is 0.263 e. The van der Waals surface area contributed by atoms with E-state index in [1.54, 1.807) is 0 Å². The molecule has 20 heavy (non-hydrogen) atoms. The highest BCUT2D eigenvalue weighted by atomic mass is 35.5. The number of ether oxygens (including phenoxy) is 2. The lowest BCUT2D eigenvalue weighted by Gasteiger charge is -2.14. The minimum Gasteiger partial charge on any atom is -0.491 e. The second-order valence-corrected chi connectivity index (χ2v) is 5.16. The first-order valence-electron chi connectivity index (χ1n) is 6.71. The lowest BCUT2D eigenvalue weighted by molar-refractivity contribution is -0.132. The van der Waals surface area contributed by atoms with E-state index in [1.807, 2.05) is 25.1 Å². The van der Waals surface area contributed by atoms with Crippen molar-refractivity contribution in [1.29, 1.82) is 0 Å². The highest BCUT2D eigenvalue weighted by Crippen LogP contribution is 2.24. The first kappa shape index (κ1) is 15.1. The van der Waals surface area contributed by atoms with E-state index in [-0.39, 0.29) is 12.0 Å². The molecule has 0 aliphatic carbocycles. The van der Waals surface area contributed by atoms with Crippen LogP contribution in [0.25, 0.3) is 0 Å². The molecule has 1 aliphatic heterocycles. The van der Waals surface area contributed by atoms with Crippen LogP contribution >= 0.6 is 11.6 Å². The van der Waals surface area contributed by atoms with Crippen molar-refractivity contribution in [3.05, 3.63) is 28.8 Å². The zero-order valence-electron chi connectivity index (χ0n) is 11.4. The van der Waals surface area contributed by atoms with Gasteiger partial charge in [0, 0.05) is 5.02 Å². The highest BCUT2D eigenvalue weighted by molar-refractivity contribution is 6.31. The molecule has 2 unspecified atom stereocenters. The third-order valence-electron chi connectivity index (χ3n) is 3.38. The van der Waals surface area contributed by atoms with Crippen LogP contribution in [0.5, 0.6) is 5.75 Å². The maximum absolute atomic E-state index is 11.3. The van der Waals surface area contributed by atoms with Gasteiger partial charge in [-0.2, -0.15) is 0 Å². The van der Waals surface area contributed by atoms with Crippen molar-refractivity contribution in [2.24, 2.45) is 5.84 Å². The Morgan fingerprint density at radius 1 is 1.55 bits per heavy atom. The Kier molecular flexibility index (Phi) is 5.23. The van der Waals surface area contributed by atoms with Crippen LogP contribution in [-0.4, -0.2) is 24.7 Å². The van der Waals surface area contributed by atoms with E-state index in [9.17, 15) is 4.79 Å². The number of nitrogens with one attached hydrogen (secondary N) is 1. The summed E-state index contributed by atoms with van der Waals surface area (Å²) >= 11 is 6.06. The van der Waals surface area contributed by atoms with Gasteiger partial charge in [0.2, 0.25) is 0 Å². The van der Waals surface area contributed by atoms with Gasteiger partial charge < -0.3 is 9.47 Å². The van der Waals surface area contributed by atoms with Crippen LogP contribution in [-0.2, 0) is 16.0 Å². The maximum atomic E-state index is 11.3. The molecule has 1 saturated heterocycles. The molecular weight excluding hydrogens is 280 g/mol. The summed E-state index contributed by atoms with van der Waals surface area (Å²) in [6.45, 7) is 2.46. The molecule has 0 bridgehead atoms. The normalized spacial score (nSPS) is 21.8. The number of carbonyl (C=O) groups is 1. The van der Waals surface area contributed by atoms with Crippen molar-refractivity contribution in [2.45, 2.75) is 38.4 Å². The average molecular weight is 299 g/mol. The maximum Gasteiger partial charge on any atom is 0.263 e. The van der Waals surface area contributed by atoms with Gasteiger partial charge >= 0.3 is 0 Å². The fraction of sp³-hybridized carbons (Fsp3) is 0.500. The molecule has 110 valence electrons. The van der Waals surface area contributed by atoms with Crippen molar-refractivity contribution in [3.8, 4) is 5.75 Å². The van der Waals surface area contributed by atoms with E-state index in [1.165, 1.54) is 0 Å². The second-order valence-electron chi connectivity index (χ2n) is 4.75. The standard InChI is InChI=1S/C14H19ClN2O3/c1-2-9-7-10(3-5-12(9)15)19-8-11-4-6-13(20-11)14(18)17-16/h3,5,7,11,13H,2,4,6,8,16H2,1H3,(H,17,18). The molecule has 2 rings (SSSR count). The van der Waals surface area contributed by atoms with Crippen LogP contribution < -0.4 is 16.0 Å². The predicted molar refractivity (Wildman–Crippen MR) is 76.6 cm³/mol. The summed E-state index contributed by atoms with van der Waals surface area (Å²) in [4.78, 5) is 11.3. The third-order valence-corrected chi connectivity index (χ3v) is 3.74. The minimum absolute atomic E-state index is 0.0851. The van der Waals surface area contributed by atoms with E-state index < -0.39 is 6.10 Å². The summed E-state index contributed by atoms with van der Waals surface area (Å²) in [6.07, 6.45) is 1.75. The van der Waals surface area contributed by atoms with Crippen molar-refractivity contribution in [2.75, 3.05) is 6.61 Å². The number of aryl methyl sites for hydroxylation is 1. The van der Waals surface area contributed by atoms with Crippen molar-refractivity contribution >= 4 is 17.5 Å². The molecule has 5 nitrogen and oxygen atoms in total.